The molecular formula is C17H21N3O3. The van der Waals surface area contributed by atoms with Crippen LogP contribution in [0.1, 0.15) is 6.42 Å². The highest BCUT2D eigenvalue weighted by molar-refractivity contribution is 5.83. The van der Waals surface area contributed by atoms with Crippen LogP contribution in [0.4, 0.5) is 5.69 Å². The van der Waals surface area contributed by atoms with Gasteiger partial charge in [-0.3, -0.25) is 10.1 Å². The molecule has 6 nitrogen and oxygen atoms in total. The van der Waals surface area contributed by atoms with Crippen LogP contribution in [-0.2, 0) is 9.53 Å². The van der Waals surface area contributed by atoms with Crippen molar-refractivity contribution in [3.05, 3.63) is 36.6 Å². The second kappa shape index (κ2) is 5.77. The van der Waals surface area contributed by atoms with Gasteiger partial charge >= 0.3 is 0 Å². The standard InChI is InChI=1S/C17H21N3O3/c1-22-11-4-2-10(3-5-11)19-13-6-8-18-16-14(13)15-12(7-9-23-15)17(21)20-16/h2-5,7,9,12-16,18-19H,6,8H2,1H3,(H,20,21). The van der Waals surface area contributed by atoms with Crippen molar-refractivity contribution in [1.29, 1.82) is 0 Å². The van der Waals surface area contributed by atoms with Gasteiger partial charge in [-0.05, 0) is 43.3 Å². The summed E-state index contributed by atoms with van der Waals surface area (Å²) in [7, 11) is 1.66. The normalized spacial score (nSPS) is 34.8. The van der Waals surface area contributed by atoms with Crippen LogP contribution in [0.25, 0.3) is 0 Å². The summed E-state index contributed by atoms with van der Waals surface area (Å²) in [5, 5.41) is 10.1. The van der Waals surface area contributed by atoms with E-state index in [4.69, 9.17) is 9.47 Å². The number of amides is 1. The van der Waals surface area contributed by atoms with Crippen LogP contribution >= 0.6 is 0 Å². The monoisotopic (exact) mass is 315 g/mol. The topological polar surface area (TPSA) is 71.6 Å². The van der Waals surface area contributed by atoms with Gasteiger partial charge in [0.1, 0.15) is 11.9 Å². The van der Waals surface area contributed by atoms with Crippen molar-refractivity contribution in [3.8, 4) is 5.75 Å². The van der Waals surface area contributed by atoms with Gasteiger partial charge in [0.2, 0.25) is 5.91 Å². The van der Waals surface area contributed by atoms with Crippen molar-refractivity contribution < 1.29 is 14.3 Å². The minimum absolute atomic E-state index is 0.0441. The lowest BCUT2D eigenvalue weighted by atomic mass is 9.77. The van der Waals surface area contributed by atoms with Gasteiger partial charge in [0, 0.05) is 11.7 Å². The van der Waals surface area contributed by atoms with Crippen LogP contribution in [0.3, 0.4) is 0 Å². The van der Waals surface area contributed by atoms with Gasteiger partial charge in [0.15, 0.2) is 0 Å². The molecule has 0 aliphatic carbocycles. The molecule has 0 aromatic heterocycles. The van der Waals surface area contributed by atoms with Gasteiger partial charge in [-0.25, -0.2) is 0 Å². The number of piperidine rings is 2. The molecule has 0 spiro atoms. The molecule has 23 heavy (non-hydrogen) atoms. The molecule has 3 aliphatic heterocycles. The van der Waals surface area contributed by atoms with Crippen LogP contribution in [0.5, 0.6) is 5.75 Å². The first kappa shape index (κ1) is 14.4. The van der Waals surface area contributed by atoms with E-state index < -0.39 is 0 Å². The number of hydrogen-bond donors (Lipinski definition) is 3. The van der Waals surface area contributed by atoms with Crippen LogP contribution in [-0.4, -0.2) is 37.9 Å². The molecule has 2 fully saturated rings. The van der Waals surface area contributed by atoms with E-state index in [0.29, 0.717) is 0 Å². The molecule has 1 aromatic carbocycles. The van der Waals surface area contributed by atoms with Crippen molar-refractivity contribution in [1.82, 2.24) is 10.6 Å². The molecule has 122 valence electrons. The van der Waals surface area contributed by atoms with E-state index in [9.17, 15) is 4.79 Å². The predicted octanol–water partition coefficient (Wildman–Crippen LogP) is 1.07. The molecule has 0 bridgehead atoms. The van der Waals surface area contributed by atoms with E-state index in [0.717, 1.165) is 24.4 Å². The smallest absolute Gasteiger partial charge is 0.232 e. The second-order valence-electron chi connectivity index (χ2n) is 6.24. The fraction of sp³-hybridized carbons (Fsp3) is 0.471. The summed E-state index contributed by atoms with van der Waals surface area (Å²) in [6.07, 6.45) is 4.35. The first-order valence-corrected chi connectivity index (χ1v) is 8.03. The maximum Gasteiger partial charge on any atom is 0.232 e. The number of benzene rings is 1. The Balaban J connectivity index is 1.54. The highest BCUT2D eigenvalue weighted by atomic mass is 16.5. The van der Waals surface area contributed by atoms with Crippen LogP contribution < -0.4 is 20.7 Å². The molecule has 4 rings (SSSR count). The quantitative estimate of drug-likeness (QED) is 0.778. The SMILES string of the molecule is COc1ccc(NC2CCNC3NC(=O)C4C=COC4C23)cc1. The van der Waals surface area contributed by atoms with Gasteiger partial charge in [-0.15, -0.1) is 0 Å². The zero-order valence-electron chi connectivity index (χ0n) is 13.0. The Kier molecular flexibility index (Phi) is 3.61. The zero-order chi connectivity index (χ0) is 15.8. The minimum Gasteiger partial charge on any atom is -0.497 e. The Bertz CT molecular complexity index is 616. The third-order valence-electron chi connectivity index (χ3n) is 4.97. The Morgan fingerprint density at radius 1 is 1.30 bits per heavy atom. The van der Waals surface area contributed by atoms with Crippen LogP contribution in [0.2, 0.25) is 0 Å². The highest BCUT2D eigenvalue weighted by Crippen LogP contribution is 2.36. The van der Waals surface area contributed by atoms with E-state index in [1.165, 1.54) is 0 Å². The number of fused-ring (bicyclic) bond motifs is 3. The molecule has 0 radical (unpaired) electrons. The van der Waals surface area contributed by atoms with E-state index in [1.807, 2.05) is 30.3 Å². The van der Waals surface area contributed by atoms with E-state index in [2.05, 4.69) is 16.0 Å². The third kappa shape index (κ3) is 2.53. The summed E-state index contributed by atoms with van der Waals surface area (Å²) in [4.78, 5) is 12.1. The Hall–Kier alpha value is -2.21. The average molecular weight is 315 g/mol. The highest BCUT2D eigenvalue weighted by Gasteiger charge is 2.50. The number of rotatable bonds is 3. The first-order valence-electron chi connectivity index (χ1n) is 8.03. The van der Waals surface area contributed by atoms with Crippen molar-refractivity contribution in [2.45, 2.75) is 24.7 Å². The fourth-order valence-electron chi connectivity index (χ4n) is 3.82. The lowest BCUT2D eigenvalue weighted by Crippen LogP contribution is -2.68. The number of methoxy groups -OCH3 is 1. The lowest BCUT2D eigenvalue weighted by molar-refractivity contribution is -0.134. The summed E-state index contributed by atoms with van der Waals surface area (Å²) < 4.78 is 11.0. The lowest BCUT2D eigenvalue weighted by Gasteiger charge is -2.46. The molecule has 1 amide bonds. The third-order valence-corrected chi connectivity index (χ3v) is 4.97. The van der Waals surface area contributed by atoms with E-state index in [1.54, 1.807) is 13.4 Å². The molecule has 0 saturated carbocycles. The summed E-state index contributed by atoms with van der Waals surface area (Å²) in [6, 6.07) is 8.16. The summed E-state index contributed by atoms with van der Waals surface area (Å²) in [5.41, 5.74) is 1.05. The van der Waals surface area contributed by atoms with Crippen molar-refractivity contribution >= 4 is 11.6 Å². The van der Waals surface area contributed by atoms with Crippen molar-refractivity contribution in [2.75, 3.05) is 19.0 Å². The molecule has 2 saturated heterocycles. The molecule has 1 aromatic rings. The van der Waals surface area contributed by atoms with Gasteiger partial charge < -0.3 is 20.1 Å². The number of anilines is 1. The largest absolute Gasteiger partial charge is 0.497 e. The number of ether oxygens (including phenoxy) is 2. The average Bonchev–Trinajstić information content (AvgIpc) is 3.06. The second-order valence-corrected chi connectivity index (χ2v) is 6.24. The molecule has 6 heteroatoms. The maximum atomic E-state index is 12.1. The molecule has 3 heterocycles. The predicted molar refractivity (Wildman–Crippen MR) is 85.9 cm³/mol. The number of carbonyl (C=O) groups excluding carboxylic acids is 1. The Labute approximate surface area is 135 Å². The molecule has 5 unspecified atom stereocenters. The number of nitrogens with one attached hydrogen (secondary N) is 3. The van der Waals surface area contributed by atoms with Crippen LogP contribution in [0, 0.1) is 11.8 Å². The first-order chi connectivity index (χ1) is 11.3. The van der Waals surface area contributed by atoms with Crippen molar-refractivity contribution in [2.24, 2.45) is 11.8 Å². The Morgan fingerprint density at radius 3 is 2.91 bits per heavy atom. The summed E-state index contributed by atoms with van der Waals surface area (Å²) >= 11 is 0. The fourth-order valence-corrected chi connectivity index (χ4v) is 3.82. The summed E-state index contributed by atoms with van der Waals surface area (Å²) in [6.45, 7) is 0.861. The zero-order valence-corrected chi connectivity index (χ0v) is 13.0. The van der Waals surface area contributed by atoms with Gasteiger partial charge in [-0.2, -0.15) is 0 Å². The van der Waals surface area contributed by atoms with E-state index >= 15 is 0 Å². The summed E-state index contributed by atoms with van der Waals surface area (Å²) in [5.74, 6) is 0.884. The van der Waals surface area contributed by atoms with Gasteiger partial charge in [-0.1, -0.05) is 0 Å². The van der Waals surface area contributed by atoms with E-state index in [-0.39, 0.29) is 36.1 Å². The van der Waals surface area contributed by atoms with Crippen molar-refractivity contribution in [3.63, 3.8) is 0 Å². The van der Waals surface area contributed by atoms with Gasteiger partial charge in [0.25, 0.3) is 0 Å². The molecule has 3 N–H and O–H groups in total. The number of carbonyl (C=O) groups is 1. The van der Waals surface area contributed by atoms with Crippen LogP contribution in [0.15, 0.2) is 36.6 Å². The Morgan fingerprint density at radius 2 is 2.13 bits per heavy atom. The number of hydrogen-bond acceptors (Lipinski definition) is 5. The molecular weight excluding hydrogens is 294 g/mol. The molecule has 3 aliphatic rings. The maximum absolute atomic E-state index is 12.1. The van der Waals surface area contributed by atoms with Gasteiger partial charge in [0.05, 0.1) is 31.4 Å². The molecule has 5 atom stereocenters. The minimum atomic E-state index is -0.184.